The summed E-state index contributed by atoms with van der Waals surface area (Å²) in [7, 11) is 5.98. The molecule has 0 aliphatic heterocycles. The maximum Gasteiger partial charge on any atom is 0.361 e. The summed E-state index contributed by atoms with van der Waals surface area (Å²) in [6.07, 6.45) is 84.0. The normalized spacial score (nSPS) is 13.2. The van der Waals surface area contributed by atoms with Crippen LogP contribution in [0.25, 0.3) is 0 Å². The van der Waals surface area contributed by atoms with Crippen molar-refractivity contribution in [1.82, 2.24) is 0 Å². The molecule has 480 valence electrons. The van der Waals surface area contributed by atoms with Crippen LogP contribution in [0.5, 0.6) is 0 Å². The lowest BCUT2D eigenvalue weighted by molar-refractivity contribution is -0.870. The Morgan fingerprint density at radius 2 is 0.687 bits per heavy atom. The number of esters is 2. The number of hydrogen-bond acceptors (Lipinski definition) is 7. The van der Waals surface area contributed by atoms with E-state index in [-0.39, 0.29) is 32.2 Å². The molecule has 2 unspecified atom stereocenters. The zero-order valence-corrected chi connectivity index (χ0v) is 54.8. The maximum atomic E-state index is 12.9. The standard InChI is InChI=1S/C74H131NO8/c1-6-8-10-12-14-16-18-20-22-24-26-28-30-32-34-36-38-40-42-44-46-48-50-52-54-56-58-60-62-64-71(76)81-68-70(69-82-74(73(78)79)80-67-66-75(3,4)5)83-72(77)65-63-61-59-57-55-53-51-49-47-45-43-41-39-37-35-33-31-29-27-25-23-21-19-17-15-13-11-9-7-2/h9,11,15,17-18,20-21,23-24,26-27,29-30,32,70,74H,6-8,10,12-14,16,19,22,25,28,31,33-69H2,1-5H3/p+1/b11-9-,17-15-,20-18-,23-21-,26-24-,29-27-,32-30-. The Hall–Kier alpha value is -3.53. The fraction of sp³-hybridized carbons (Fsp3) is 0.770. The van der Waals surface area contributed by atoms with Gasteiger partial charge in [-0.1, -0.05) is 292 Å². The molecule has 0 bridgehead atoms. The molecular formula is C74H132NO8+. The molecule has 0 aliphatic carbocycles. The van der Waals surface area contributed by atoms with E-state index in [9.17, 15) is 19.5 Å². The molecule has 0 amide bonds. The Bertz CT molecular complexity index is 1640. The van der Waals surface area contributed by atoms with E-state index in [2.05, 4.69) is 98.9 Å². The summed E-state index contributed by atoms with van der Waals surface area (Å²) in [6, 6.07) is 0. The van der Waals surface area contributed by atoms with Gasteiger partial charge in [0.05, 0.1) is 34.4 Å². The molecule has 0 spiro atoms. The molecule has 0 aliphatic rings. The number of carboxylic acid groups (broad SMARTS) is 1. The van der Waals surface area contributed by atoms with E-state index in [1.54, 1.807) is 0 Å². The Morgan fingerprint density at radius 3 is 1.02 bits per heavy atom. The fourth-order valence-electron chi connectivity index (χ4n) is 9.84. The zero-order valence-electron chi connectivity index (χ0n) is 54.8. The molecule has 0 radical (unpaired) electrons. The number of carbonyl (C=O) groups excluding carboxylic acids is 2. The van der Waals surface area contributed by atoms with Crippen molar-refractivity contribution in [2.75, 3.05) is 47.5 Å². The summed E-state index contributed by atoms with van der Waals surface area (Å²) < 4.78 is 23.0. The van der Waals surface area contributed by atoms with Crippen molar-refractivity contribution in [3.63, 3.8) is 0 Å². The molecule has 0 saturated heterocycles. The molecule has 0 saturated carbocycles. The third-order valence-electron chi connectivity index (χ3n) is 15.1. The number of rotatable bonds is 64. The summed E-state index contributed by atoms with van der Waals surface area (Å²) in [6.45, 7) is 4.79. The van der Waals surface area contributed by atoms with Gasteiger partial charge in [-0.15, -0.1) is 0 Å². The second-order valence-electron chi connectivity index (χ2n) is 24.5. The minimum absolute atomic E-state index is 0.183. The van der Waals surface area contributed by atoms with Crippen molar-refractivity contribution in [3.05, 3.63) is 85.1 Å². The highest BCUT2D eigenvalue weighted by molar-refractivity contribution is 5.71. The van der Waals surface area contributed by atoms with Crippen molar-refractivity contribution in [2.45, 2.75) is 322 Å². The van der Waals surface area contributed by atoms with Gasteiger partial charge in [-0.2, -0.15) is 0 Å². The van der Waals surface area contributed by atoms with Crippen LogP contribution >= 0.6 is 0 Å². The van der Waals surface area contributed by atoms with Gasteiger partial charge in [-0.05, 0) is 89.9 Å². The molecule has 0 aromatic carbocycles. The van der Waals surface area contributed by atoms with Gasteiger partial charge in [-0.3, -0.25) is 9.59 Å². The SMILES string of the molecule is CC/C=C\C/C=C\C/C=C\C/C=C\CCCCCCCCCCCCCCCCCCC(=O)OC(COC(=O)CCCCCCCCCCCCCCCC/C=C\C/C=C\C/C=C\CCCCCCC)COC(OCC[N+](C)(C)C)C(=O)O. The summed E-state index contributed by atoms with van der Waals surface area (Å²) in [5.74, 6) is -1.99. The summed E-state index contributed by atoms with van der Waals surface area (Å²) in [4.78, 5) is 37.6. The van der Waals surface area contributed by atoms with Gasteiger partial charge in [0, 0.05) is 12.8 Å². The number of quaternary nitrogens is 1. The van der Waals surface area contributed by atoms with Crippen LogP contribution in [0, 0.1) is 0 Å². The predicted molar refractivity (Wildman–Crippen MR) is 355 cm³/mol. The number of carbonyl (C=O) groups is 3. The Kier molecular flexibility index (Phi) is 61.7. The number of likely N-dealkylation sites (N-methyl/N-ethyl adjacent to an activating group) is 1. The van der Waals surface area contributed by atoms with Crippen molar-refractivity contribution >= 4 is 17.9 Å². The van der Waals surface area contributed by atoms with Gasteiger partial charge in [0.25, 0.3) is 6.29 Å². The number of nitrogens with zero attached hydrogens (tertiary/aromatic N) is 1. The third kappa shape index (κ3) is 65.9. The monoisotopic (exact) mass is 1160 g/mol. The van der Waals surface area contributed by atoms with Gasteiger partial charge in [0.1, 0.15) is 13.2 Å². The first-order chi connectivity index (χ1) is 40.6. The lowest BCUT2D eigenvalue weighted by Gasteiger charge is -2.25. The van der Waals surface area contributed by atoms with E-state index < -0.39 is 24.3 Å². The number of aliphatic carboxylic acids is 1. The number of allylic oxidation sites excluding steroid dienone is 14. The lowest BCUT2D eigenvalue weighted by atomic mass is 10.0. The molecule has 9 heteroatoms. The molecule has 83 heavy (non-hydrogen) atoms. The van der Waals surface area contributed by atoms with Crippen molar-refractivity contribution in [2.24, 2.45) is 0 Å². The quantitative estimate of drug-likeness (QED) is 0.0211. The minimum atomic E-state index is -1.51. The van der Waals surface area contributed by atoms with Gasteiger partial charge >= 0.3 is 17.9 Å². The topological polar surface area (TPSA) is 108 Å². The number of carboxylic acids is 1. The van der Waals surface area contributed by atoms with Crippen LogP contribution in [-0.2, 0) is 33.3 Å². The first-order valence-electron chi connectivity index (χ1n) is 34.8. The first kappa shape index (κ1) is 79.5. The van der Waals surface area contributed by atoms with Crippen molar-refractivity contribution in [3.8, 4) is 0 Å². The Morgan fingerprint density at radius 1 is 0.373 bits per heavy atom. The minimum Gasteiger partial charge on any atom is -0.477 e. The largest absolute Gasteiger partial charge is 0.477 e. The average molecular weight is 1160 g/mol. The smallest absolute Gasteiger partial charge is 0.361 e. The predicted octanol–water partition coefficient (Wildman–Crippen LogP) is 21.5. The maximum absolute atomic E-state index is 12.9. The van der Waals surface area contributed by atoms with Gasteiger partial charge < -0.3 is 28.5 Å². The van der Waals surface area contributed by atoms with E-state index >= 15 is 0 Å². The number of ether oxygens (including phenoxy) is 4. The molecular weight excluding hydrogens is 1030 g/mol. The fourth-order valence-corrected chi connectivity index (χ4v) is 9.84. The molecule has 2 atom stereocenters. The number of unbranched alkanes of at least 4 members (excludes halogenated alkanes) is 35. The Labute approximate surface area is 512 Å². The highest BCUT2D eigenvalue weighted by Gasteiger charge is 2.25. The first-order valence-corrected chi connectivity index (χ1v) is 34.8. The van der Waals surface area contributed by atoms with Crippen LogP contribution in [0.4, 0.5) is 0 Å². The second-order valence-corrected chi connectivity index (χ2v) is 24.5. The van der Waals surface area contributed by atoms with Crippen molar-refractivity contribution < 1.29 is 42.9 Å². The highest BCUT2D eigenvalue weighted by atomic mass is 16.7. The summed E-state index contributed by atoms with van der Waals surface area (Å²) >= 11 is 0. The molecule has 0 aromatic rings. The Balaban J connectivity index is 4.11. The van der Waals surface area contributed by atoms with E-state index in [0.29, 0.717) is 17.4 Å². The molecule has 0 aromatic heterocycles. The van der Waals surface area contributed by atoms with E-state index in [1.807, 2.05) is 21.1 Å². The zero-order chi connectivity index (χ0) is 60.5. The van der Waals surface area contributed by atoms with Crippen LogP contribution in [-0.4, -0.2) is 87.4 Å². The van der Waals surface area contributed by atoms with Gasteiger partial charge in [-0.25, -0.2) is 4.79 Å². The third-order valence-corrected chi connectivity index (χ3v) is 15.1. The summed E-state index contributed by atoms with van der Waals surface area (Å²) in [5, 5.41) is 9.75. The lowest BCUT2D eigenvalue weighted by Crippen LogP contribution is -2.40. The van der Waals surface area contributed by atoms with Crippen LogP contribution in [0.1, 0.15) is 309 Å². The van der Waals surface area contributed by atoms with E-state index in [0.717, 1.165) is 77.0 Å². The van der Waals surface area contributed by atoms with Crippen LogP contribution in [0.15, 0.2) is 85.1 Å². The molecule has 1 N–H and O–H groups in total. The molecule has 0 heterocycles. The molecule has 9 nitrogen and oxygen atoms in total. The summed E-state index contributed by atoms with van der Waals surface area (Å²) in [5.41, 5.74) is 0. The highest BCUT2D eigenvalue weighted by Crippen LogP contribution is 2.18. The average Bonchev–Trinajstić information content (AvgIpc) is 3.46. The van der Waals surface area contributed by atoms with Crippen LogP contribution in [0.2, 0.25) is 0 Å². The molecule has 0 rings (SSSR count). The second kappa shape index (κ2) is 64.5. The number of hydrogen-bond donors (Lipinski definition) is 1. The van der Waals surface area contributed by atoms with Crippen LogP contribution in [0.3, 0.4) is 0 Å². The van der Waals surface area contributed by atoms with Gasteiger partial charge in [0.15, 0.2) is 6.10 Å². The van der Waals surface area contributed by atoms with Crippen molar-refractivity contribution in [1.29, 1.82) is 0 Å². The molecule has 0 fully saturated rings. The van der Waals surface area contributed by atoms with E-state index in [1.165, 1.54) is 205 Å². The van der Waals surface area contributed by atoms with Gasteiger partial charge in [0.2, 0.25) is 0 Å². The van der Waals surface area contributed by atoms with E-state index in [4.69, 9.17) is 18.9 Å². The van der Waals surface area contributed by atoms with Crippen LogP contribution < -0.4 is 0 Å².